The second kappa shape index (κ2) is 49.2. The summed E-state index contributed by atoms with van der Waals surface area (Å²) >= 11 is 51.4. The van der Waals surface area contributed by atoms with Crippen LogP contribution in [0.1, 0.15) is 75.2 Å². The number of para-hydroxylation sites is 1. The zero-order valence-electron chi connectivity index (χ0n) is 69.7. The Morgan fingerprint density at radius 1 is 0.531 bits per heavy atom. The number of alkyl halides is 6. The molecule has 10 heterocycles. The number of aromatic nitrogens is 12. The van der Waals surface area contributed by atoms with Gasteiger partial charge >= 0.3 is 63.6 Å². The molecule has 680 valence electrons. The van der Waals surface area contributed by atoms with Crippen LogP contribution in [0.3, 0.4) is 0 Å². The van der Waals surface area contributed by atoms with Crippen LogP contribution >= 0.6 is 156 Å². The first-order valence-electron chi connectivity index (χ1n) is 37.2. The molecule has 47 heteroatoms. The summed E-state index contributed by atoms with van der Waals surface area (Å²) in [5, 5.41) is 16.8. The zero-order chi connectivity index (χ0) is 94.3. The van der Waals surface area contributed by atoms with Crippen molar-refractivity contribution in [2.45, 2.75) is 130 Å². The molecule has 0 bridgehead atoms. The number of aromatic amines is 1. The van der Waals surface area contributed by atoms with Crippen molar-refractivity contribution in [2.24, 2.45) is 5.73 Å². The number of hydrogen-bond acceptors (Lipinski definition) is 24. The first-order valence-corrected chi connectivity index (χ1v) is 49.6. The van der Waals surface area contributed by atoms with Crippen LogP contribution in [0.15, 0.2) is 242 Å². The molecule has 2 atom stereocenters. The standard InChI is InChI=1S/C21H24BrN5O4S.C12H7BrClN3O2S.C12H8ClN3O2S.C9H18N2O2.C9H8O.C6H4ClN3.C6H5ClO2S.C4H9O.C2Br2Cl4.K/c1-21(2,3)31-20(28)26-10-9-14(12-26)25-18-16-11-17(22)27(19(16)24-13-23-18)32(29,30)15-7-5-4-6-8-15;13-10-6-9-11(14)15-7-16-12(9)17(10)20(18,19)8-4-2-1-3-5-8;13-11-10-6-7-16(12(10)15-8-14-11)19(17,18)9-4-2-1-3-5-9;1-9(2,3)13-8(12)11-5-4-7(10)6-11;1-2-8-10-9-6-4-3-5-7-9;7-5-4-1-2-8-6(4)10-3-9-5;7-10(8,9)6-4-2-1-3-5-6;1-4(2,3)5;3-1(5,6)2(4,7)8;/h4-8,11,13-14H,9-10,12H2,1-3H3,(H,23,24,25);1-7H;1-8H;7H,4-6,10H2,1-3H3;1,3-7H,8H2;1-3H,(H,8,9,10);1-5H;1-3H3;;/q;;;;;;;-1;;+1. The minimum Gasteiger partial charge on any atom is -0.850 e. The molecule has 0 radical (unpaired) electrons. The van der Waals surface area contributed by atoms with Gasteiger partial charge in [0.2, 0.25) is 6.49 Å². The molecule has 2 unspecified atom stereocenters. The third-order valence-electron chi connectivity index (χ3n) is 16.0. The van der Waals surface area contributed by atoms with E-state index in [1.807, 2.05) is 77.9 Å². The van der Waals surface area contributed by atoms with Gasteiger partial charge in [-0.15, -0.1) is 12.0 Å². The maximum atomic E-state index is 13.2. The van der Waals surface area contributed by atoms with E-state index in [2.05, 4.69) is 120 Å². The van der Waals surface area contributed by atoms with Gasteiger partial charge in [0.1, 0.15) is 85.0 Å². The number of nitrogens with zero attached hydrogens (tertiary/aromatic N) is 13. The number of H-pyrrole nitrogens is 1. The van der Waals surface area contributed by atoms with Crippen molar-refractivity contribution in [3.8, 4) is 18.1 Å². The average Bonchev–Trinajstić information content (AvgIpc) is 1.61. The normalized spacial score (nSPS) is 14.0. The summed E-state index contributed by atoms with van der Waals surface area (Å²) in [6.07, 6.45) is 14.4. The average molecular weight is 2280 g/mol. The Bertz CT molecular complexity index is 6350. The molecular formula is C81H83Br4Cl8KN16O14S4. The molecule has 0 saturated carbocycles. The summed E-state index contributed by atoms with van der Waals surface area (Å²) in [5.74, 6) is 3.72. The van der Waals surface area contributed by atoms with Gasteiger partial charge in [-0.2, -0.15) is 0 Å². The summed E-state index contributed by atoms with van der Waals surface area (Å²) < 4.78 is 115. The molecule has 2 saturated heterocycles. The summed E-state index contributed by atoms with van der Waals surface area (Å²) in [7, 11) is -9.77. The van der Waals surface area contributed by atoms with Crippen LogP contribution in [0.5, 0.6) is 5.75 Å². The maximum Gasteiger partial charge on any atom is 1.00 e. The molecule has 8 aromatic heterocycles. The van der Waals surface area contributed by atoms with E-state index < -0.39 is 62.4 Å². The van der Waals surface area contributed by atoms with E-state index in [-0.39, 0.29) is 122 Å². The molecular weight excluding hydrogens is 2190 g/mol. The predicted molar refractivity (Wildman–Crippen MR) is 511 cm³/mol. The molecule has 13 aromatic rings. The van der Waals surface area contributed by atoms with Crippen molar-refractivity contribution < 1.29 is 114 Å². The third kappa shape index (κ3) is 33.8. The van der Waals surface area contributed by atoms with Gasteiger partial charge in [-0.25, -0.2) is 95.0 Å². The Labute approximate surface area is 857 Å². The molecule has 5 aromatic carbocycles. The van der Waals surface area contributed by atoms with E-state index in [1.165, 1.54) is 80.0 Å². The molecule has 30 nitrogen and oxygen atoms in total. The number of carbonyl (C=O) groups is 2. The fraction of sp³-hybridized carbons (Fsp3) is 0.284. The number of halogens is 12. The van der Waals surface area contributed by atoms with Crippen molar-refractivity contribution in [1.29, 1.82) is 0 Å². The van der Waals surface area contributed by atoms with Crippen LogP contribution in [0.2, 0.25) is 15.5 Å². The van der Waals surface area contributed by atoms with Gasteiger partial charge in [-0.3, -0.25) is 0 Å². The van der Waals surface area contributed by atoms with Gasteiger partial charge in [0.05, 0.1) is 41.1 Å². The van der Waals surface area contributed by atoms with Gasteiger partial charge in [0, 0.05) is 61.3 Å². The number of hydrogen-bond donors (Lipinski definition) is 3. The SMILES string of the molecule is C#CCOc1ccccc1.CC(C)(C)OC(=O)N1CCC(N)C1.CC(C)(C)OC(=O)N1CCC(Nc2ncnc3c2cc(Br)n3S(=O)(=O)c2ccccc2)C1.CC(C)(C)[O-].ClC(Cl)(Br)C(Cl)(Cl)Br.Clc1ncnc2[nH]ccc12.O=S(=O)(Cl)c1ccccc1.O=S(=O)(c1ccccc1)n1c(Br)cc2c(Cl)ncnc21.O=S(=O)(c1ccccc1)n1ccc2c(Cl)ncnc21.[K+]. The van der Waals surface area contributed by atoms with E-state index in [9.17, 15) is 48.4 Å². The summed E-state index contributed by atoms with van der Waals surface area (Å²) in [5.41, 5.74) is 5.51. The number of carbonyl (C=O) groups excluding carboxylic acids is 2. The third-order valence-corrected chi connectivity index (χ3v) is 29.2. The van der Waals surface area contributed by atoms with Crippen molar-refractivity contribution in [2.75, 3.05) is 38.1 Å². The number of rotatable bonds is 12. The Balaban J connectivity index is 0.000000233. The van der Waals surface area contributed by atoms with Crippen molar-refractivity contribution in [3.05, 3.63) is 238 Å². The van der Waals surface area contributed by atoms with Gasteiger partial charge in [0.25, 0.3) is 39.1 Å². The van der Waals surface area contributed by atoms with Gasteiger partial charge < -0.3 is 45.2 Å². The van der Waals surface area contributed by atoms with Crippen LogP contribution < -0.4 is 72.3 Å². The number of fused-ring (bicyclic) bond motifs is 4. The smallest absolute Gasteiger partial charge is 0.850 e. The number of ether oxygens (including phenoxy) is 3. The van der Waals surface area contributed by atoms with Crippen molar-refractivity contribution in [1.82, 2.24) is 66.6 Å². The summed E-state index contributed by atoms with van der Waals surface area (Å²) in [4.78, 5) is 62.7. The van der Waals surface area contributed by atoms with Crippen LogP contribution in [-0.4, -0.2) is 181 Å². The second-order valence-corrected chi connectivity index (χ2v) is 46.9. The molecule has 2 amide bonds. The Kier molecular flexibility index (Phi) is 42.5. The quantitative estimate of drug-likeness (QED) is 0.0336. The number of anilines is 1. The van der Waals surface area contributed by atoms with E-state index >= 15 is 0 Å². The molecule has 0 aliphatic carbocycles. The Hall–Kier alpha value is -6.12. The molecule has 0 spiro atoms. The summed E-state index contributed by atoms with van der Waals surface area (Å²) in [6.45, 7) is 18.7. The molecule has 15 rings (SSSR count). The minimum atomic E-state index is -3.85. The van der Waals surface area contributed by atoms with Gasteiger partial charge in [-0.1, -0.05) is 199 Å². The minimum absolute atomic E-state index is 0. The largest absolute Gasteiger partial charge is 1.00 e. The second-order valence-electron chi connectivity index (χ2n) is 29.4. The van der Waals surface area contributed by atoms with E-state index in [1.54, 1.807) is 128 Å². The fourth-order valence-electron chi connectivity index (χ4n) is 10.6. The molecule has 2 aliphatic heterocycles. The van der Waals surface area contributed by atoms with Crippen LogP contribution in [0, 0.1) is 12.3 Å². The van der Waals surface area contributed by atoms with E-state index in [0.717, 1.165) is 48.1 Å². The van der Waals surface area contributed by atoms with Crippen molar-refractivity contribution >= 4 is 257 Å². The van der Waals surface area contributed by atoms with Crippen LogP contribution in [0.25, 0.3) is 44.1 Å². The Morgan fingerprint density at radius 2 is 0.914 bits per heavy atom. The molecule has 2 aliphatic rings. The fourth-order valence-corrected chi connectivity index (χ4v) is 17.9. The number of amides is 2. The van der Waals surface area contributed by atoms with Crippen molar-refractivity contribution in [3.63, 3.8) is 0 Å². The number of terminal acetylenes is 1. The van der Waals surface area contributed by atoms with E-state index in [4.69, 9.17) is 118 Å². The summed E-state index contributed by atoms with van der Waals surface area (Å²) in [6, 6.07) is 48.6. The maximum absolute atomic E-state index is 13.2. The van der Waals surface area contributed by atoms with E-state index in [0.29, 0.717) is 62.6 Å². The van der Waals surface area contributed by atoms with Crippen LogP contribution in [-0.2, 0) is 48.6 Å². The number of benzene rings is 5. The first-order chi connectivity index (χ1) is 59.2. The monoisotopic (exact) mass is 2270 g/mol. The molecule has 128 heavy (non-hydrogen) atoms. The number of nitrogens with two attached hydrogens (primary N) is 1. The molecule has 4 N–H and O–H groups in total. The topological polar surface area (TPSA) is 400 Å². The van der Waals surface area contributed by atoms with Gasteiger partial charge in [-0.05, 0) is 203 Å². The Morgan fingerprint density at radius 3 is 1.33 bits per heavy atom. The molecule has 2 fully saturated rings. The zero-order valence-corrected chi connectivity index (χ0v) is 88.4. The number of likely N-dealkylation sites (tertiary alicyclic amines) is 2. The number of nitrogens with one attached hydrogen (secondary N) is 2. The van der Waals surface area contributed by atoms with Gasteiger partial charge in [0.15, 0.2) is 16.9 Å². The first kappa shape index (κ1) is 111. The van der Waals surface area contributed by atoms with Crippen LogP contribution in [0.4, 0.5) is 15.4 Å². The predicted octanol–water partition coefficient (Wildman–Crippen LogP) is 16.3.